The Morgan fingerprint density at radius 2 is 1.87 bits per heavy atom. The fourth-order valence-electron chi connectivity index (χ4n) is 2.85. The SMILES string of the molecule is COc1ccc(CCCNC(C)c2csc3ccccc23)cc1. The summed E-state index contributed by atoms with van der Waals surface area (Å²) in [6.07, 6.45) is 2.23. The molecule has 0 fully saturated rings. The minimum absolute atomic E-state index is 0.391. The number of nitrogens with one attached hydrogen (secondary N) is 1. The maximum atomic E-state index is 5.19. The summed E-state index contributed by atoms with van der Waals surface area (Å²) >= 11 is 1.83. The normalized spacial score (nSPS) is 12.4. The average Bonchev–Trinajstić information content (AvgIpc) is 3.03. The van der Waals surface area contributed by atoms with Crippen molar-refractivity contribution in [3.63, 3.8) is 0 Å². The molecule has 3 aromatic rings. The second-order valence-electron chi connectivity index (χ2n) is 5.81. The third-order valence-electron chi connectivity index (χ3n) is 4.23. The smallest absolute Gasteiger partial charge is 0.118 e. The molecule has 1 unspecified atom stereocenters. The van der Waals surface area contributed by atoms with E-state index in [1.165, 1.54) is 21.2 Å². The second-order valence-corrected chi connectivity index (χ2v) is 6.73. The summed E-state index contributed by atoms with van der Waals surface area (Å²) < 4.78 is 6.56. The average molecular weight is 325 g/mol. The van der Waals surface area contributed by atoms with E-state index in [1.54, 1.807) is 7.11 Å². The van der Waals surface area contributed by atoms with Gasteiger partial charge in [0.15, 0.2) is 0 Å². The Morgan fingerprint density at radius 1 is 1.09 bits per heavy atom. The summed E-state index contributed by atoms with van der Waals surface area (Å²) in [5.41, 5.74) is 2.77. The van der Waals surface area contributed by atoms with Gasteiger partial charge in [-0.2, -0.15) is 0 Å². The molecule has 1 atom stereocenters. The third-order valence-corrected chi connectivity index (χ3v) is 5.21. The summed E-state index contributed by atoms with van der Waals surface area (Å²) in [4.78, 5) is 0. The van der Waals surface area contributed by atoms with Gasteiger partial charge in [-0.25, -0.2) is 0 Å². The van der Waals surface area contributed by atoms with Crippen molar-refractivity contribution in [1.82, 2.24) is 5.32 Å². The Kier molecular flexibility index (Phi) is 5.31. The van der Waals surface area contributed by atoms with Gasteiger partial charge in [0.2, 0.25) is 0 Å². The van der Waals surface area contributed by atoms with Crippen LogP contribution in [0.25, 0.3) is 10.1 Å². The largest absolute Gasteiger partial charge is 0.497 e. The fraction of sp³-hybridized carbons (Fsp3) is 0.300. The van der Waals surface area contributed by atoms with E-state index < -0.39 is 0 Å². The van der Waals surface area contributed by atoms with E-state index in [0.717, 1.165) is 25.1 Å². The zero-order valence-corrected chi connectivity index (χ0v) is 14.5. The fourth-order valence-corrected chi connectivity index (χ4v) is 3.90. The highest BCUT2D eigenvalue weighted by Crippen LogP contribution is 2.29. The maximum Gasteiger partial charge on any atom is 0.118 e. The Morgan fingerprint density at radius 3 is 2.65 bits per heavy atom. The molecule has 1 heterocycles. The van der Waals surface area contributed by atoms with E-state index in [9.17, 15) is 0 Å². The molecule has 0 saturated heterocycles. The van der Waals surface area contributed by atoms with Gasteiger partial charge in [-0.05, 0) is 66.4 Å². The Hall–Kier alpha value is -1.84. The van der Waals surface area contributed by atoms with Gasteiger partial charge in [0.05, 0.1) is 7.11 Å². The first-order valence-electron chi connectivity index (χ1n) is 8.10. The minimum Gasteiger partial charge on any atom is -0.497 e. The first kappa shape index (κ1) is 16.0. The number of thiophene rings is 1. The predicted molar refractivity (Wildman–Crippen MR) is 99.6 cm³/mol. The van der Waals surface area contributed by atoms with Crippen LogP contribution in [0.1, 0.15) is 30.5 Å². The zero-order chi connectivity index (χ0) is 16.1. The Bertz CT molecular complexity index is 748. The standard InChI is InChI=1S/C20H23NOS/c1-15(19-14-23-20-8-4-3-7-18(19)20)21-13-5-6-16-9-11-17(22-2)12-10-16/h3-4,7-12,14-15,21H,5-6,13H2,1-2H3. The van der Waals surface area contributed by atoms with Crippen molar-refractivity contribution in [1.29, 1.82) is 0 Å². The molecule has 0 aliphatic rings. The van der Waals surface area contributed by atoms with Crippen LogP contribution in [0.5, 0.6) is 5.75 Å². The number of fused-ring (bicyclic) bond motifs is 1. The quantitative estimate of drug-likeness (QED) is 0.603. The molecular formula is C20H23NOS. The van der Waals surface area contributed by atoms with Gasteiger partial charge in [-0.1, -0.05) is 30.3 Å². The van der Waals surface area contributed by atoms with Crippen molar-refractivity contribution < 1.29 is 4.74 Å². The predicted octanol–water partition coefficient (Wildman–Crippen LogP) is 5.19. The van der Waals surface area contributed by atoms with E-state index in [0.29, 0.717) is 6.04 Å². The van der Waals surface area contributed by atoms with Crippen LogP contribution < -0.4 is 10.1 Å². The molecular weight excluding hydrogens is 302 g/mol. The molecule has 120 valence electrons. The van der Waals surface area contributed by atoms with Crippen LogP contribution in [0.15, 0.2) is 53.9 Å². The number of ether oxygens (including phenoxy) is 1. The van der Waals surface area contributed by atoms with Crippen molar-refractivity contribution in [2.24, 2.45) is 0 Å². The summed E-state index contributed by atoms with van der Waals surface area (Å²) in [6.45, 7) is 3.28. The van der Waals surface area contributed by atoms with Gasteiger partial charge in [0.25, 0.3) is 0 Å². The van der Waals surface area contributed by atoms with Crippen molar-refractivity contribution >= 4 is 21.4 Å². The molecule has 0 amide bonds. The van der Waals surface area contributed by atoms with Gasteiger partial charge < -0.3 is 10.1 Å². The Labute approximate surface area is 142 Å². The molecule has 0 aliphatic carbocycles. The molecule has 0 saturated carbocycles. The molecule has 23 heavy (non-hydrogen) atoms. The van der Waals surface area contributed by atoms with Crippen LogP contribution in [0.4, 0.5) is 0 Å². The van der Waals surface area contributed by atoms with Gasteiger partial charge in [-0.3, -0.25) is 0 Å². The lowest BCUT2D eigenvalue weighted by atomic mass is 10.1. The molecule has 0 radical (unpaired) electrons. The number of benzene rings is 2. The van der Waals surface area contributed by atoms with Crippen LogP contribution >= 0.6 is 11.3 Å². The number of methoxy groups -OCH3 is 1. The highest BCUT2D eigenvalue weighted by Gasteiger charge is 2.10. The number of rotatable bonds is 7. The van der Waals surface area contributed by atoms with E-state index >= 15 is 0 Å². The molecule has 0 aliphatic heterocycles. The number of hydrogen-bond donors (Lipinski definition) is 1. The van der Waals surface area contributed by atoms with Gasteiger partial charge >= 0.3 is 0 Å². The molecule has 3 heteroatoms. The van der Waals surface area contributed by atoms with Crippen LogP contribution in [-0.4, -0.2) is 13.7 Å². The second kappa shape index (κ2) is 7.62. The lowest BCUT2D eigenvalue weighted by Crippen LogP contribution is -2.20. The summed E-state index contributed by atoms with van der Waals surface area (Å²) in [5, 5.41) is 7.32. The lowest BCUT2D eigenvalue weighted by Gasteiger charge is -2.13. The molecule has 2 aromatic carbocycles. The van der Waals surface area contributed by atoms with Crippen LogP contribution in [-0.2, 0) is 6.42 Å². The molecule has 3 rings (SSSR count). The number of aryl methyl sites for hydroxylation is 1. The van der Waals surface area contributed by atoms with Crippen LogP contribution in [0.3, 0.4) is 0 Å². The lowest BCUT2D eigenvalue weighted by molar-refractivity contribution is 0.414. The van der Waals surface area contributed by atoms with E-state index in [1.807, 2.05) is 23.5 Å². The highest BCUT2D eigenvalue weighted by atomic mass is 32.1. The highest BCUT2D eigenvalue weighted by molar-refractivity contribution is 7.17. The monoisotopic (exact) mass is 325 g/mol. The summed E-state index contributed by atoms with van der Waals surface area (Å²) in [6, 6.07) is 17.4. The molecule has 2 nitrogen and oxygen atoms in total. The Balaban J connectivity index is 1.50. The first-order valence-corrected chi connectivity index (χ1v) is 8.98. The van der Waals surface area contributed by atoms with Crippen molar-refractivity contribution in [2.45, 2.75) is 25.8 Å². The van der Waals surface area contributed by atoms with Crippen LogP contribution in [0.2, 0.25) is 0 Å². The first-order chi connectivity index (χ1) is 11.3. The topological polar surface area (TPSA) is 21.3 Å². The van der Waals surface area contributed by atoms with Crippen molar-refractivity contribution in [3.05, 3.63) is 65.0 Å². The van der Waals surface area contributed by atoms with E-state index in [4.69, 9.17) is 4.74 Å². The molecule has 1 N–H and O–H groups in total. The van der Waals surface area contributed by atoms with Gasteiger partial charge in [-0.15, -0.1) is 11.3 Å². The minimum atomic E-state index is 0.391. The third kappa shape index (κ3) is 3.92. The molecule has 1 aromatic heterocycles. The molecule has 0 spiro atoms. The summed E-state index contributed by atoms with van der Waals surface area (Å²) in [7, 11) is 1.70. The number of hydrogen-bond acceptors (Lipinski definition) is 3. The van der Waals surface area contributed by atoms with E-state index in [2.05, 4.69) is 54.0 Å². The van der Waals surface area contributed by atoms with Crippen molar-refractivity contribution in [3.8, 4) is 5.75 Å². The zero-order valence-electron chi connectivity index (χ0n) is 13.7. The van der Waals surface area contributed by atoms with Gasteiger partial charge in [0.1, 0.15) is 5.75 Å². The van der Waals surface area contributed by atoms with E-state index in [-0.39, 0.29) is 0 Å². The van der Waals surface area contributed by atoms with Crippen LogP contribution in [0, 0.1) is 0 Å². The maximum absolute atomic E-state index is 5.19. The van der Waals surface area contributed by atoms with Gasteiger partial charge in [0, 0.05) is 10.7 Å². The van der Waals surface area contributed by atoms with Crippen molar-refractivity contribution in [2.75, 3.05) is 13.7 Å². The summed E-state index contributed by atoms with van der Waals surface area (Å²) in [5.74, 6) is 0.921. The molecule has 0 bridgehead atoms.